The van der Waals surface area contributed by atoms with Gasteiger partial charge in [-0.1, -0.05) is 53.0 Å². The van der Waals surface area contributed by atoms with E-state index in [-0.39, 0.29) is 28.4 Å². The molecule has 6 rings (SSSR count). The predicted octanol–water partition coefficient (Wildman–Crippen LogP) is 8.51. The van der Waals surface area contributed by atoms with Crippen LogP contribution in [-0.4, -0.2) is 27.4 Å². The zero-order valence-electron chi connectivity index (χ0n) is 23.9. The summed E-state index contributed by atoms with van der Waals surface area (Å²) in [7, 11) is 0. The van der Waals surface area contributed by atoms with Crippen LogP contribution in [0.1, 0.15) is 29.2 Å². The fourth-order valence-electron chi connectivity index (χ4n) is 5.59. The number of ether oxygens (including phenoxy) is 2. The molecule has 6 nitrogen and oxygen atoms in total. The highest BCUT2D eigenvalue weighted by atomic mass is 35.5. The third kappa shape index (κ3) is 5.65. The molecule has 0 radical (unpaired) electrons. The molecule has 2 heterocycles. The van der Waals surface area contributed by atoms with Crippen LogP contribution >= 0.6 is 23.2 Å². The van der Waals surface area contributed by atoms with E-state index in [0.717, 1.165) is 16.5 Å². The lowest BCUT2D eigenvalue weighted by molar-refractivity contribution is -0.155. The fourth-order valence-corrected chi connectivity index (χ4v) is 5.88. The van der Waals surface area contributed by atoms with E-state index in [2.05, 4.69) is 4.98 Å². The van der Waals surface area contributed by atoms with Gasteiger partial charge in [0.05, 0.1) is 11.4 Å². The van der Waals surface area contributed by atoms with Crippen LogP contribution in [0.5, 0.6) is 11.5 Å². The van der Waals surface area contributed by atoms with E-state index >= 15 is 0 Å². The van der Waals surface area contributed by atoms with Crippen LogP contribution in [0.3, 0.4) is 0 Å². The van der Waals surface area contributed by atoms with Crippen LogP contribution in [0.15, 0.2) is 66.9 Å². The maximum absolute atomic E-state index is 14.8. The smallest absolute Gasteiger partial charge is 0.359 e. The van der Waals surface area contributed by atoms with Gasteiger partial charge in [-0.25, -0.2) is 22.4 Å². The molecule has 5 aromatic rings. The average molecular weight is 693 g/mol. The number of fused-ring (bicyclic) bond motifs is 1. The van der Waals surface area contributed by atoms with E-state index in [9.17, 15) is 35.9 Å². The highest BCUT2D eigenvalue weighted by Crippen LogP contribution is 2.48. The Morgan fingerprint density at radius 3 is 2.23 bits per heavy atom. The molecule has 0 aliphatic carbocycles. The number of amides is 1. The maximum atomic E-state index is 14.8. The molecule has 2 atom stereocenters. The number of rotatable bonds is 7. The van der Waals surface area contributed by atoms with Crippen LogP contribution in [0.2, 0.25) is 10.0 Å². The van der Waals surface area contributed by atoms with E-state index in [1.165, 1.54) is 36.5 Å². The maximum Gasteiger partial charge on any atom is 0.359 e. The minimum atomic E-state index is -2.51. The molecule has 4 aromatic carbocycles. The Hall–Kier alpha value is -4.68. The summed E-state index contributed by atoms with van der Waals surface area (Å²) in [5, 5.41) is 0.590. The molecular formula is C33H20Cl2F6N2O4. The molecule has 1 N–H and O–H groups in total. The zero-order chi connectivity index (χ0) is 33.8. The monoisotopic (exact) mass is 692 g/mol. The van der Waals surface area contributed by atoms with Gasteiger partial charge < -0.3 is 19.4 Å². The van der Waals surface area contributed by atoms with Crippen molar-refractivity contribution >= 4 is 46.0 Å². The Morgan fingerprint density at radius 1 is 0.915 bits per heavy atom. The van der Waals surface area contributed by atoms with Crippen molar-refractivity contribution in [3.63, 3.8) is 0 Å². The Balaban J connectivity index is 1.57. The first kappa shape index (κ1) is 32.3. The number of hydrogen-bond donors (Lipinski definition) is 1. The van der Waals surface area contributed by atoms with E-state index in [1.807, 2.05) is 0 Å². The van der Waals surface area contributed by atoms with Crippen molar-refractivity contribution in [3.05, 3.63) is 128 Å². The number of carbonyl (C=O) groups excluding carboxylic acids is 2. The number of aromatic nitrogens is 1. The summed E-state index contributed by atoms with van der Waals surface area (Å²) in [6.07, 6.45) is 0.620. The first-order chi connectivity index (χ1) is 22.3. The van der Waals surface area contributed by atoms with Gasteiger partial charge in [-0.2, -0.15) is 8.78 Å². The zero-order valence-corrected chi connectivity index (χ0v) is 25.5. The van der Waals surface area contributed by atoms with Gasteiger partial charge in [-0.05, 0) is 48.9 Å². The SMILES string of the molecule is Cc1ccc(OC2(C(=O)Oc3c(F)c(F)c(F)c(F)c3F)CC(=O)N(Cc3ccc(Cl)c(F)c3)C2c2c[nH]c3cc(Cl)ccc23)cc1. The number of halogens is 8. The topological polar surface area (TPSA) is 71.6 Å². The summed E-state index contributed by atoms with van der Waals surface area (Å²) in [5.41, 5.74) is -0.784. The van der Waals surface area contributed by atoms with Crippen molar-refractivity contribution in [2.24, 2.45) is 0 Å². The Morgan fingerprint density at radius 2 is 1.57 bits per heavy atom. The number of aryl methyl sites for hydroxylation is 1. The van der Waals surface area contributed by atoms with Gasteiger partial charge in [0.25, 0.3) is 0 Å². The number of carbonyl (C=O) groups is 2. The van der Waals surface area contributed by atoms with Gasteiger partial charge >= 0.3 is 5.97 Å². The van der Waals surface area contributed by atoms with Gasteiger partial charge in [-0.3, -0.25) is 4.79 Å². The lowest BCUT2D eigenvalue weighted by Crippen LogP contribution is -2.51. The highest BCUT2D eigenvalue weighted by molar-refractivity contribution is 6.31. The van der Waals surface area contributed by atoms with Gasteiger partial charge in [-0.15, -0.1) is 0 Å². The molecular weight excluding hydrogens is 673 g/mol. The summed E-state index contributed by atoms with van der Waals surface area (Å²) in [6, 6.07) is 13.1. The van der Waals surface area contributed by atoms with Gasteiger partial charge in [0.2, 0.25) is 46.3 Å². The van der Waals surface area contributed by atoms with E-state index < -0.39 is 70.6 Å². The van der Waals surface area contributed by atoms with Gasteiger partial charge in [0.15, 0.2) is 0 Å². The van der Waals surface area contributed by atoms with Crippen molar-refractivity contribution in [2.75, 3.05) is 0 Å². The second-order valence-electron chi connectivity index (χ2n) is 10.9. The summed E-state index contributed by atoms with van der Waals surface area (Å²) in [4.78, 5) is 32.3. The second-order valence-corrected chi connectivity index (χ2v) is 11.7. The first-order valence-corrected chi connectivity index (χ1v) is 14.6. The van der Waals surface area contributed by atoms with Crippen molar-refractivity contribution in [3.8, 4) is 11.5 Å². The predicted molar refractivity (Wildman–Crippen MR) is 159 cm³/mol. The second kappa shape index (κ2) is 12.2. The quantitative estimate of drug-likeness (QED) is 0.0611. The van der Waals surface area contributed by atoms with Gasteiger partial charge in [0.1, 0.15) is 17.6 Å². The Labute approximate surface area is 272 Å². The molecule has 1 aliphatic rings. The van der Waals surface area contributed by atoms with E-state index in [1.54, 1.807) is 31.2 Å². The summed E-state index contributed by atoms with van der Waals surface area (Å²) < 4.78 is 97.4. The van der Waals surface area contributed by atoms with Crippen molar-refractivity contribution < 1.29 is 45.4 Å². The number of hydrogen-bond acceptors (Lipinski definition) is 4. The van der Waals surface area contributed by atoms with Crippen molar-refractivity contribution in [2.45, 2.75) is 31.5 Å². The Kier molecular flexibility index (Phi) is 8.35. The largest absolute Gasteiger partial charge is 0.472 e. The molecule has 0 bridgehead atoms. The van der Waals surface area contributed by atoms with E-state index in [0.29, 0.717) is 15.9 Å². The Bertz CT molecular complexity index is 2040. The fraction of sp³-hybridized carbons (Fsp3) is 0.152. The summed E-state index contributed by atoms with van der Waals surface area (Å²) >= 11 is 12.0. The number of esters is 1. The average Bonchev–Trinajstić information content (AvgIpc) is 3.57. The standard InChI is InChI=1S/C33H20Cl2F6N2O4/c1-15-2-6-18(7-3-15)47-33(32(45)46-30-28(40)26(38)25(37)27(39)29(30)41)12-24(44)43(14-16-4-9-21(35)22(36)10-16)31(33)20-13-42-23-11-17(34)5-8-19(20)23/h2-11,13,31,42H,12,14H2,1H3. The number of likely N-dealkylation sites (tertiary alicyclic amines) is 1. The molecule has 2 unspecified atom stereocenters. The van der Waals surface area contributed by atoms with Crippen LogP contribution in [-0.2, 0) is 16.1 Å². The van der Waals surface area contributed by atoms with Crippen LogP contribution in [0.4, 0.5) is 26.3 Å². The molecule has 1 amide bonds. The highest BCUT2D eigenvalue weighted by Gasteiger charge is 2.62. The molecule has 1 saturated heterocycles. The van der Waals surface area contributed by atoms with Crippen molar-refractivity contribution in [1.29, 1.82) is 0 Å². The molecule has 242 valence electrons. The summed E-state index contributed by atoms with van der Waals surface area (Å²) in [6.45, 7) is 1.44. The number of nitrogens with zero attached hydrogens (tertiary/aromatic N) is 1. The van der Waals surface area contributed by atoms with Crippen LogP contribution in [0, 0.1) is 41.8 Å². The number of benzene rings is 4. The van der Waals surface area contributed by atoms with Crippen LogP contribution in [0.25, 0.3) is 10.9 Å². The lowest BCUT2D eigenvalue weighted by Gasteiger charge is -2.36. The minimum Gasteiger partial charge on any atom is -0.472 e. The molecule has 14 heteroatoms. The number of nitrogens with one attached hydrogen (secondary N) is 1. The summed E-state index contributed by atoms with van der Waals surface area (Å²) in [5.74, 6) is -17.0. The minimum absolute atomic E-state index is 0.00466. The van der Waals surface area contributed by atoms with Gasteiger partial charge in [0, 0.05) is 34.2 Å². The van der Waals surface area contributed by atoms with E-state index in [4.69, 9.17) is 32.7 Å². The third-order valence-corrected chi connectivity index (χ3v) is 8.37. The molecule has 1 aromatic heterocycles. The molecule has 47 heavy (non-hydrogen) atoms. The van der Waals surface area contributed by atoms with Crippen LogP contribution < -0.4 is 9.47 Å². The lowest BCUT2D eigenvalue weighted by atomic mass is 9.88. The number of aromatic amines is 1. The molecule has 1 aliphatic heterocycles. The third-order valence-electron chi connectivity index (χ3n) is 7.83. The molecule has 0 saturated carbocycles. The molecule has 0 spiro atoms. The first-order valence-electron chi connectivity index (χ1n) is 13.8. The normalized spacial score (nSPS) is 17.9. The molecule has 1 fully saturated rings. The van der Waals surface area contributed by atoms with Crippen molar-refractivity contribution in [1.82, 2.24) is 9.88 Å². The number of H-pyrrole nitrogens is 1.